The Morgan fingerprint density at radius 1 is 0.744 bits per heavy atom. The van der Waals surface area contributed by atoms with Crippen LogP contribution < -0.4 is 33.2 Å². The van der Waals surface area contributed by atoms with Gasteiger partial charge in [0.1, 0.15) is 23.9 Å². The maximum Gasteiger partial charge on any atom is 0.326 e. The zero-order valence-electron chi connectivity index (χ0n) is 23.3. The van der Waals surface area contributed by atoms with Gasteiger partial charge in [0.2, 0.25) is 17.7 Å². The number of benzene rings is 2. The van der Waals surface area contributed by atoms with E-state index in [0.29, 0.717) is 11.1 Å². The minimum atomic E-state index is -1.74. The summed E-state index contributed by atoms with van der Waals surface area (Å²) >= 11 is 0. The number of phenols is 1. The van der Waals surface area contributed by atoms with Crippen LogP contribution in [0.2, 0.25) is 0 Å². The number of phenolic OH excluding ortho intramolecular Hbond substituents is 1. The molecule has 0 saturated carbocycles. The fraction of sp³-hybridized carbons (Fsp3) is 0.357. The van der Waals surface area contributed by atoms with Crippen LogP contribution in [0.15, 0.2) is 59.6 Å². The van der Waals surface area contributed by atoms with E-state index >= 15 is 0 Å². The van der Waals surface area contributed by atoms with E-state index in [1.165, 1.54) is 12.1 Å². The van der Waals surface area contributed by atoms with Crippen molar-refractivity contribution in [3.05, 3.63) is 65.7 Å². The minimum absolute atomic E-state index is 0.0472. The zero-order chi connectivity index (χ0) is 31.9. The molecular weight excluding hydrogens is 562 g/mol. The third-order valence-electron chi connectivity index (χ3n) is 6.22. The summed E-state index contributed by atoms with van der Waals surface area (Å²) in [5.74, 6) is -5.47. The van der Waals surface area contributed by atoms with Gasteiger partial charge in [-0.25, -0.2) is 4.79 Å². The molecule has 15 nitrogen and oxygen atoms in total. The van der Waals surface area contributed by atoms with Crippen LogP contribution in [0, 0.1) is 0 Å². The maximum absolute atomic E-state index is 13.5. The Morgan fingerprint density at radius 3 is 1.88 bits per heavy atom. The van der Waals surface area contributed by atoms with E-state index in [2.05, 4.69) is 20.9 Å². The Hall–Kier alpha value is -5.18. The van der Waals surface area contributed by atoms with Gasteiger partial charge in [-0.3, -0.25) is 24.2 Å². The van der Waals surface area contributed by atoms with Crippen LogP contribution in [0.25, 0.3) is 0 Å². The summed E-state index contributed by atoms with van der Waals surface area (Å²) in [6.07, 6.45) is -0.522. The van der Waals surface area contributed by atoms with Crippen LogP contribution in [0.5, 0.6) is 5.75 Å². The Balaban J connectivity index is 2.24. The minimum Gasteiger partial charge on any atom is -0.508 e. The topological polar surface area (TPSA) is 273 Å². The molecule has 3 amide bonds. The van der Waals surface area contributed by atoms with Crippen molar-refractivity contribution in [2.75, 3.05) is 6.54 Å². The van der Waals surface area contributed by atoms with Gasteiger partial charge in [0.25, 0.3) is 0 Å². The van der Waals surface area contributed by atoms with Gasteiger partial charge in [0.05, 0.1) is 12.5 Å². The number of aliphatic imine (C=N–C) groups is 1. The van der Waals surface area contributed by atoms with Crippen LogP contribution >= 0.6 is 0 Å². The molecule has 0 aromatic heterocycles. The number of hydrogen-bond acceptors (Lipinski definition) is 8. The standard InChI is InChI=1S/C28H37N7O8/c29-19(13-17-8-10-18(36)11-9-17)24(39)33-20(7-4-12-32-28(30)31)25(40)34-21(14-16-5-2-1-3-6-16)26(41)35-22(27(42)43)15-23(37)38/h1-3,5-6,8-11,19-22,36H,4,7,12-15,29H2,(H,33,39)(H,34,40)(H,35,41)(H,37,38)(H,42,43)(H4,30,31,32). The number of amides is 3. The molecule has 12 N–H and O–H groups in total. The number of nitrogens with two attached hydrogens (primary N) is 3. The number of aromatic hydroxyl groups is 1. The molecule has 0 fully saturated rings. The van der Waals surface area contributed by atoms with Crippen molar-refractivity contribution in [1.29, 1.82) is 0 Å². The average Bonchev–Trinajstić information content (AvgIpc) is 2.95. The largest absolute Gasteiger partial charge is 0.508 e. The van der Waals surface area contributed by atoms with Crippen LogP contribution in [-0.2, 0) is 36.8 Å². The lowest BCUT2D eigenvalue weighted by Gasteiger charge is -2.25. The molecule has 0 saturated heterocycles. The lowest BCUT2D eigenvalue weighted by molar-refractivity contribution is -0.147. The molecule has 0 aliphatic carbocycles. The molecule has 4 atom stereocenters. The highest BCUT2D eigenvalue weighted by Crippen LogP contribution is 2.12. The van der Waals surface area contributed by atoms with Gasteiger partial charge >= 0.3 is 11.9 Å². The SMILES string of the molecule is NC(N)=NCCCC(NC(=O)C(N)Cc1ccc(O)cc1)C(=O)NC(Cc1ccccc1)C(=O)NC(CC(=O)O)C(=O)O. The number of nitrogens with one attached hydrogen (secondary N) is 3. The summed E-state index contributed by atoms with van der Waals surface area (Å²) in [6.45, 7) is 0.144. The first-order valence-corrected chi connectivity index (χ1v) is 13.3. The first-order chi connectivity index (χ1) is 20.3. The Bertz CT molecular complexity index is 1280. The van der Waals surface area contributed by atoms with E-state index in [9.17, 15) is 34.2 Å². The van der Waals surface area contributed by atoms with Crippen molar-refractivity contribution in [2.45, 2.75) is 56.3 Å². The molecule has 0 heterocycles. The van der Waals surface area contributed by atoms with Crippen molar-refractivity contribution in [1.82, 2.24) is 16.0 Å². The maximum atomic E-state index is 13.5. The Kier molecular flexibility index (Phi) is 13.4. The molecule has 0 radical (unpaired) electrons. The highest BCUT2D eigenvalue weighted by Gasteiger charge is 2.31. The lowest BCUT2D eigenvalue weighted by atomic mass is 10.0. The third-order valence-corrected chi connectivity index (χ3v) is 6.22. The quantitative estimate of drug-likeness (QED) is 0.0577. The van der Waals surface area contributed by atoms with Gasteiger partial charge in [0, 0.05) is 13.0 Å². The monoisotopic (exact) mass is 599 g/mol. The summed E-state index contributed by atoms with van der Waals surface area (Å²) in [4.78, 5) is 66.1. The van der Waals surface area contributed by atoms with E-state index in [1.807, 2.05) is 0 Å². The number of guanidine groups is 1. The van der Waals surface area contributed by atoms with Gasteiger partial charge in [-0.2, -0.15) is 0 Å². The number of nitrogens with zero attached hydrogens (tertiary/aromatic N) is 1. The molecular formula is C28H37N7O8. The highest BCUT2D eigenvalue weighted by molar-refractivity contribution is 5.94. The number of carboxylic acids is 2. The molecule has 4 unspecified atom stereocenters. The zero-order valence-corrected chi connectivity index (χ0v) is 23.3. The molecule has 0 spiro atoms. The third kappa shape index (κ3) is 12.5. The van der Waals surface area contributed by atoms with Crippen molar-refractivity contribution < 1.29 is 39.3 Å². The predicted molar refractivity (Wildman–Crippen MR) is 156 cm³/mol. The van der Waals surface area contributed by atoms with Crippen molar-refractivity contribution in [2.24, 2.45) is 22.2 Å². The van der Waals surface area contributed by atoms with E-state index in [-0.39, 0.29) is 43.9 Å². The number of carboxylic acid groups (broad SMARTS) is 2. The van der Waals surface area contributed by atoms with Crippen molar-refractivity contribution >= 4 is 35.6 Å². The van der Waals surface area contributed by atoms with Gasteiger partial charge in [0.15, 0.2) is 5.96 Å². The second-order valence-electron chi connectivity index (χ2n) is 9.74. The van der Waals surface area contributed by atoms with Gasteiger partial charge < -0.3 is 48.5 Å². The Labute approximate surface area is 247 Å². The molecule has 0 aliphatic heterocycles. The molecule has 15 heteroatoms. The lowest BCUT2D eigenvalue weighted by Crippen LogP contribution is -2.58. The first kappa shape index (κ1) is 34.0. The van der Waals surface area contributed by atoms with Crippen LogP contribution in [0.3, 0.4) is 0 Å². The number of carbonyl (C=O) groups excluding carboxylic acids is 3. The van der Waals surface area contributed by atoms with Crippen LogP contribution in [0.4, 0.5) is 0 Å². The van der Waals surface area contributed by atoms with E-state index in [0.717, 1.165) is 0 Å². The second-order valence-corrected chi connectivity index (χ2v) is 9.74. The summed E-state index contributed by atoms with van der Waals surface area (Å²) in [7, 11) is 0. The van der Waals surface area contributed by atoms with Crippen molar-refractivity contribution in [3.63, 3.8) is 0 Å². The van der Waals surface area contributed by atoms with E-state index < -0.39 is 60.2 Å². The Morgan fingerprint density at radius 2 is 1.30 bits per heavy atom. The number of rotatable bonds is 17. The molecule has 2 aromatic carbocycles. The number of carbonyl (C=O) groups is 5. The highest BCUT2D eigenvalue weighted by atomic mass is 16.4. The van der Waals surface area contributed by atoms with E-state index in [4.69, 9.17) is 22.3 Å². The van der Waals surface area contributed by atoms with Crippen LogP contribution in [0.1, 0.15) is 30.4 Å². The number of hydrogen-bond donors (Lipinski definition) is 9. The molecule has 0 aliphatic rings. The summed E-state index contributed by atoms with van der Waals surface area (Å²) < 4.78 is 0. The molecule has 0 bridgehead atoms. The summed E-state index contributed by atoms with van der Waals surface area (Å²) in [6, 6.07) is 9.32. The average molecular weight is 600 g/mol. The van der Waals surface area contributed by atoms with Gasteiger partial charge in [-0.05, 0) is 42.5 Å². The predicted octanol–water partition coefficient (Wildman–Crippen LogP) is -1.43. The molecule has 43 heavy (non-hydrogen) atoms. The van der Waals surface area contributed by atoms with Crippen LogP contribution in [-0.4, -0.2) is 81.7 Å². The first-order valence-electron chi connectivity index (χ1n) is 13.3. The second kappa shape index (κ2) is 16.9. The van der Waals surface area contributed by atoms with E-state index in [1.54, 1.807) is 42.5 Å². The fourth-order valence-corrected chi connectivity index (χ4v) is 4.01. The molecule has 2 aromatic rings. The summed E-state index contributed by atoms with van der Waals surface area (Å²) in [5, 5.41) is 35.2. The number of aliphatic carboxylic acids is 2. The molecule has 2 rings (SSSR count). The van der Waals surface area contributed by atoms with Gasteiger partial charge in [-0.15, -0.1) is 0 Å². The van der Waals surface area contributed by atoms with Crippen molar-refractivity contribution in [3.8, 4) is 5.75 Å². The molecule has 232 valence electrons. The summed E-state index contributed by atoms with van der Waals surface area (Å²) in [5.41, 5.74) is 18.1. The smallest absolute Gasteiger partial charge is 0.326 e. The van der Waals surface area contributed by atoms with Gasteiger partial charge in [-0.1, -0.05) is 42.5 Å². The normalized spacial score (nSPS) is 13.4. The fourth-order valence-electron chi connectivity index (χ4n) is 4.01.